The van der Waals surface area contributed by atoms with Crippen LogP contribution < -0.4 is 0 Å². The van der Waals surface area contributed by atoms with Crippen LogP contribution in [0.15, 0.2) is 58.3 Å². The van der Waals surface area contributed by atoms with Gasteiger partial charge in [0.1, 0.15) is 5.76 Å². The zero-order chi connectivity index (χ0) is 12.6. The third kappa shape index (κ3) is 6.19. The van der Waals surface area contributed by atoms with E-state index in [9.17, 15) is 5.11 Å². The van der Waals surface area contributed by atoms with Crippen LogP contribution in [-0.2, 0) is 0 Å². The largest absolute Gasteiger partial charge is 0.513 e. The molecule has 0 radical (unpaired) electrons. The molecule has 0 amide bonds. The molecule has 0 heterocycles. The van der Waals surface area contributed by atoms with Crippen LogP contribution in [-0.4, -0.2) is 10.2 Å². The Balaban J connectivity index is 4.91. The third-order valence-corrected chi connectivity index (χ3v) is 2.78. The number of allylic oxidation sites excluding steroid dienone is 7. The number of hydrogen-bond acceptors (Lipinski definition) is 3. The van der Waals surface area contributed by atoms with E-state index in [2.05, 4.69) is 6.58 Å². The van der Waals surface area contributed by atoms with Crippen molar-refractivity contribution in [1.82, 2.24) is 0 Å². The Labute approximate surface area is 101 Å². The molecule has 0 aromatic heterocycles. The highest BCUT2D eigenvalue weighted by atomic mass is 32.2. The Morgan fingerprint density at radius 3 is 2.19 bits per heavy atom. The van der Waals surface area contributed by atoms with Crippen LogP contribution in [0.25, 0.3) is 0 Å². The molecule has 2 nitrogen and oxygen atoms in total. The second kappa shape index (κ2) is 7.88. The van der Waals surface area contributed by atoms with Crippen molar-refractivity contribution in [2.75, 3.05) is 0 Å². The first-order valence-corrected chi connectivity index (χ1v) is 5.73. The van der Waals surface area contributed by atoms with Crippen LogP contribution in [0.4, 0.5) is 0 Å². The molecular formula is C13H18O2S. The van der Waals surface area contributed by atoms with Crippen LogP contribution in [0.1, 0.15) is 20.8 Å². The van der Waals surface area contributed by atoms with Gasteiger partial charge in [-0.1, -0.05) is 30.5 Å². The number of aliphatic hydroxyl groups is 2. The summed E-state index contributed by atoms with van der Waals surface area (Å²) in [6.07, 6.45) is 8.70. The normalized spacial score (nSPS) is 15.2. The predicted octanol–water partition coefficient (Wildman–Crippen LogP) is 4.62. The molecule has 0 bridgehead atoms. The summed E-state index contributed by atoms with van der Waals surface area (Å²) in [6, 6.07) is 0. The van der Waals surface area contributed by atoms with E-state index < -0.39 is 0 Å². The van der Waals surface area contributed by atoms with E-state index >= 15 is 0 Å². The third-order valence-electron chi connectivity index (χ3n) is 1.59. The topological polar surface area (TPSA) is 40.5 Å². The molecule has 0 aromatic carbocycles. The van der Waals surface area contributed by atoms with E-state index in [0.717, 1.165) is 9.81 Å². The average molecular weight is 238 g/mol. The quantitative estimate of drug-likeness (QED) is 0.542. The van der Waals surface area contributed by atoms with Gasteiger partial charge in [0.25, 0.3) is 0 Å². The highest BCUT2D eigenvalue weighted by Gasteiger charge is 2.00. The maximum absolute atomic E-state index is 9.45. The van der Waals surface area contributed by atoms with Gasteiger partial charge in [-0.3, -0.25) is 0 Å². The monoisotopic (exact) mass is 238 g/mol. The van der Waals surface area contributed by atoms with Gasteiger partial charge in [0, 0.05) is 9.81 Å². The lowest BCUT2D eigenvalue weighted by atomic mass is 10.4. The van der Waals surface area contributed by atoms with Gasteiger partial charge in [0.05, 0.1) is 5.76 Å². The summed E-state index contributed by atoms with van der Waals surface area (Å²) in [5.74, 6) is 0.498. The van der Waals surface area contributed by atoms with Crippen molar-refractivity contribution < 1.29 is 10.2 Å². The molecule has 0 saturated carbocycles. The molecule has 0 saturated heterocycles. The molecule has 16 heavy (non-hydrogen) atoms. The highest BCUT2D eigenvalue weighted by Crippen LogP contribution is 2.29. The lowest BCUT2D eigenvalue weighted by Crippen LogP contribution is -1.80. The maximum Gasteiger partial charge on any atom is 0.103 e. The fourth-order valence-corrected chi connectivity index (χ4v) is 1.68. The molecule has 0 aliphatic rings. The lowest BCUT2D eigenvalue weighted by Gasteiger charge is -2.03. The molecule has 0 rings (SSSR count). The van der Waals surface area contributed by atoms with Gasteiger partial charge in [0.15, 0.2) is 0 Å². The highest BCUT2D eigenvalue weighted by molar-refractivity contribution is 8.07. The Hall–Kier alpha value is -1.35. The minimum absolute atomic E-state index is 0.234. The molecule has 3 heteroatoms. The first-order valence-electron chi connectivity index (χ1n) is 4.91. The minimum Gasteiger partial charge on any atom is -0.513 e. The summed E-state index contributed by atoms with van der Waals surface area (Å²) >= 11 is 1.39. The second-order valence-corrected chi connectivity index (χ2v) is 4.25. The van der Waals surface area contributed by atoms with Crippen molar-refractivity contribution in [3.63, 3.8) is 0 Å². The Morgan fingerprint density at radius 2 is 1.81 bits per heavy atom. The summed E-state index contributed by atoms with van der Waals surface area (Å²) in [5.41, 5.74) is 0. The predicted molar refractivity (Wildman–Crippen MR) is 72.4 cm³/mol. The van der Waals surface area contributed by atoms with Gasteiger partial charge >= 0.3 is 0 Å². The average Bonchev–Trinajstić information content (AvgIpc) is 2.22. The summed E-state index contributed by atoms with van der Waals surface area (Å²) in [6.45, 7) is 8.80. The van der Waals surface area contributed by atoms with E-state index in [-0.39, 0.29) is 11.5 Å². The summed E-state index contributed by atoms with van der Waals surface area (Å²) < 4.78 is 0. The zero-order valence-electron chi connectivity index (χ0n) is 9.90. The van der Waals surface area contributed by atoms with Crippen molar-refractivity contribution in [1.29, 1.82) is 0 Å². The number of aliphatic hydroxyl groups excluding tert-OH is 2. The number of rotatable bonds is 5. The van der Waals surface area contributed by atoms with Crippen molar-refractivity contribution in [3.05, 3.63) is 58.3 Å². The second-order valence-electron chi connectivity index (χ2n) is 3.13. The summed E-state index contributed by atoms with van der Waals surface area (Å²) in [7, 11) is 0. The first kappa shape index (κ1) is 14.6. The number of thioether (sulfide) groups is 1. The summed E-state index contributed by atoms with van der Waals surface area (Å²) in [5, 5.41) is 18.5. The molecule has 88 valence electrons. The minimum atomic E-state index is 0.234. The maximum atomic E-state index is 9.45. The van der Waals surface area contributed by atoms with E-state index in [1.54, 1.807) is 32.1 Å². The molecule has 0 spiro atoms. The van der Waals surface area contributed by atoms with E-state index in [1.165, 1.54) is 11.8 Å². The molecule has 0 aliphatic heterocycles. The lowest BCUT2D eigenvalue weighted by molar-refractivity contribution is 0.413. The Morgan fingerprint density at radius 1 is 1.19 bits per heavy atom. The van der Waals surface area contributed by atoms with Crippen LogP contribution in [0.5, 0.6) is 0 Å². The van der Waals surface area contributed by atoms with Crippen molar-refractivity contribution >= 4 is 11.8 Å². The standard InChI is InChI=1S/C13H18O2S/c1-5-7-13(11(4)15)16-12(6-2)9-8-10(3)14/h5-9,14-15H,2H2,1,3-4H3/b7-5-,10-8+,12-9+,13-11-. The van der Waals surface area contributed by atoms with Gasteiger partial charge in [-0.15, -0.1) is 0 Å². The van der Waals surface area contributed by atoms with Gasteiger partial charge < -0.3 is 10.2 Å². The molecule has 0 atom stereocenters. The van der Waals surface area contributed by atoms with Crippen LogP contribution in [0.3, 0.4) is 0 Å². The van der Waals surface area contributed by atoms with Crippen LogP contribution in [0, 0.1) is 0 Å². The van der Waals surface area contributed by atoms with Gasteiger partial charge in [-0.2, -0.15) is 0 Å². The van der Waals surface area contributed by atoms with Crippen molar-refractivity contribution in [3.8, 4) is 0 Å². The zero-order valence-corrected chi connectivity index (χ0v) is 10.7. The van der Waals surface area contributed by atoms with Gasteiger partial charge in [-0.25, -0.2) is 0 Å². The molecular weight excluding hydrogens is 220 g/mol. The molecule has 0 aromatic rings. The van der Waals surface area contributed by atoms with E-state index in [4.69, 9.17) is 5.11 Å². The summed E-state index contributed by atoms with van der Waals surface area (Å²) in [4.78, 5) is 1.62. The molecule has 0 unspecified atom stereocenters. The Bertz CT molecular complexity index is 352. The van der Waals surface area contributed by atoms with Crippen molar-refractivity contribution in [2.24, 2.45) is 0 Å². The van der Waals surface area contributed by atoms with Gasteiger partial charge in [-0.05, 0) is 39.0 Å². The van der Waals surface area contributed by atoms with Crippen LogP contribution in [0.2, 0.25) is 0 Å². The van der Waals surface area contributed by atoms with Crippen LogP contribution >= 0.6 is 11.8 Å². The molecule has 0 aliphatic carbocycles. The molecule has 0 fully saturated rings. The Kier molecular flexibility index (Phi) is 7.21. The van der Waals surface area contributed by atoms with E-state index in [0.29, 0.717) is 0 Å². The van der Waals surface area contributed by atoms with Gasteiger partial charge in [0.2, 0.25) is 0 Å². The fraction of sp³-hybridized carbons (Fsp3) is 0.231. The van der Waals surface area contributed by atoms with Crippen molar-refractivity contribution in [2.45, 2.75) is 20.8 Å². The fourth-order valence-electron chi connectivity index (χ4n) is 0.853. The SMILES string of the molecule is C=C/C(=C\C=C(/C)O)SC(/C=C\C)=C(/C)O. The smallest absolute Gasteiger partial charge is 0.103 e. The molecule has 2 N–H and O–H groups in total. The number of hydrogen-bond donors (Lipinski definition) is 2. The first-order chi connectivity index (χ1) is 7.51. The van der Waals surface area contributed by atoms with E-state index in [1.807, 2.05) is 19.1 Å².